The van der Waals surface area contributed by atoms with E-state index >= 15 is 0 Å². The lowest BCUT2D eigenvalue weighted by atomic mass is 9.84. The molecule has 0 heterocycles. The quantitative estimate of drug-likeness (QED) is 0.830. The van der Waals surface area contributed by atoms with Crippen LogP contribution in [0.5, 0.6) is 5.75 Å². The molecule has 0 radical (unpaired) electrons. The molecule has 1 aromatic rings. The summed E-state index contributed by atoms with van der Waals surface area (Å²) in [5.41, 5.74) is 0.675. The Balaban J connectivity index is 3.01. The number of rotatable bonds is 6. The molecule has 1 atom stereocenters. The topological polar surface area (TPSA) is 66.8 Å². The van der Waals surface area contributed by atoms with Crippen LogP contribution in [0.25, 0.3) is 0 Å². The number of hydrogen-bond donors (Lipinski definition) is 2. The van der Waals surface area contributed by atoms with Gasteiger partial charge in [-0.15, -0.1) is 0 Å². The summed E-state index contributed by atoms with van der Waals surface area (Å²) in [6, 6.07) is 5.56. The van der Waals surface area contributed by atoms with Gasteiger partial charge in [-0.05, 0) is 46.2 Å². The number of benzene rings is 1. The number of aryl methyl sites for hydroxylation is 1. The molecule has 0 fully saturated rings. The summed E-state index contributed by atoms with van der Waals surface area (Å²) in [7, 11) is 0. The fourth-order valence-corrected chi connectivity index (χ4v) is 1.90. The number of carbonyl (C=O) groups is 1. The molecule has 0 aliphatic heterocycles. The third-order valence-corrected chi connectivity index (χ3v) is 3.11. The molecular weight excluding hydrogens is 244 g/mol. The minimum atomic E-state index is -0.980. The van der Waals surface area contributed by atoms with Crippen LogP contribution in [0, 0.1) is 12.3 Å². The Bertz CT molecular complexity index is 451. The molecule has 1 rings (SSSR count). The van der Waals surface area contributed by atoms with Gasteiger partial charge in [-0.1, -0.05) is 11.6 Å². The van der Waals surface area contributed by atoms with Gasteiger partial charge in [0.05, 0.1) is 18.1 Å². The summed E-state index contributed by atoms with van der Waals surface area (Å²) in [5, 5.41) is 19.4. The van der Waals surface area contributed by atoms with Crippen molar-refractivity contribution in [3.8, 4) is 5.75 Å². The molecule has 0 aromatic heterocycles. The van der Waals surface area contributed by atoms with E-state index in [1.165, 1.54) is 0 Å². The van der Waals surface area contributed by atoms with Crippen LogP contribution in [0.4, 0.5) is 0 Å². The SMILES string of the molecule is CCOc1ccc(C)cc1C(O)CC(C)(C)C(=O)O. The van der Waals surface area contributed by atoms with Crippen molar-refractivity contribution in [3.05, 3.63) is 29.3 Å². The van der Waals surface area contributed by atoms with Gasteiger partial charge < -0.3 is 14.9 Å². The van der Waals surface area contributed by atoms with Crippen molar-refractivity contribution in [1.29, 1.82) is 0 Å². The molecule has 0 spiro atoms. The molecule has 2 N–H and O–H groups in total. The zero-order valence-corrected chi connectivity index (χ0v) is 11.9. The summed E-state index contributed by atoms with van der Waals surface area (Å²) in [4.78, 5) is 11.1. The lowest BCUT2D eigenvalue weighted by Crippen LogP contribution is -2.26. The highest BCUT2D eigenvalue weighted by Gasteiger charge is 2.31. The van der Waals surface area contributed by atoms with Crippen LogP contribution in [0.2, 0.25) is 0 Å². The summed E-state index contributed by atoms with van der Waals surface area (Å²) < 4.78 is 5.48. The monoisotopic (exact) mass is 266 g/mol. The van der Waals surface area contributed by atoms with Crippen LogP contribution in [0.3, 0.4) is 0 Å². The second-order valence-electron chi connectivity index (χ2n) is 5.38. The van der Waals surface area contributed by atoms with Crippen molar-refractivity contribution >= 4 is 5.97 Å². The number of aliphatic carboxylic acids is 1. The Kier molecular flexibility index (Phi) is 4.95. The molecule has 1 aromatic carbocycles. The number of aliphatic hydroxyl groups excluding tert-OH is 1. The molecule has 1 unspecified atom stereocenters. The molecule has 19 heavy (non-hydrogen) atoms. The first kappa shape index (κ1) is 15.5. The van der Waals surface area contributed by atoms with Gasteiger partial charge in [0.15, 0.2) is 0 Å². The highest BCUT2D eigenvalue weighted by Crippen LogP contribution is 2.35. The van der Waals surface area contributed by atoms with Crippen LogP contribution < -0.4 is 4.74 Å². The maximum Gasteiger partial charge on any atom is 0.309 e. The van der Waals surface area contributed by atoms with Gasteiger partial charge in [-0.3, -0.25) is 4.79 Å². The minimum absolute atomic E-state index is 0.145. The van der Waals surface area contributed by atoms with Crippen LogP contribution in [0.1, 0.15) is 44.4 Å². The molecule has 4 heteroatoms. The third-order valence-electron chi connectivity index (χ3n) is 3.11. The van der Waals surface area contributed by atoms with Crippen molar-refractivity contribution < 1.29 is 19.7 Å². The van der Waals surface area contributed by atoms with Crippen molar-refractivity contribution in [2.75, 3.05) is 6.61 Å². The molecule has 4 nitrogen and oxygen atoms in total. The van der Waals surface area contributed by atoms with E-state index in [4.69, 9.17) is 9.84 Å². The highest BCUT2D eigenvalue weighted by atomic mass is 16.5. The predicted octanol–water partition coefficient (Wildman–Crippen LogP) is 2.93. The molecule has 0 bridgehead atoms. The van der Waals surface area contributed by atoms with E-state index in [0.29, 0.717) is 17.9 Å². The Morgan fingerprint density at radius 1 is 1.42 bits per heavy atom. The van der Waals surface area contributed by atoms with Crippen molar-refractivity contribution in [2.45, 2.75) is 40.2 Å². The second-order valence-corrected chi connectivity index (χ2v) is 5.38. The maximum atomic E-state index is 11.1. The molecule has 0 saturated carbocycles. The molecule has 0 aliphatic rings. The normalized spacial score (nSPS) is 13.1. The summed E-state index contributed by atoms with van der Waals surface area (Å²) >= 11 is 0. The summed E-state index contributed by atoms with van der Waals surface area (Å²) in [6.07, 6.45) is -0.709. The Labute approximate surface area is 114 Å². The van der Waals surface area contributed by atoms with E-state index in [1.807, 2.05) is 32.0 Å². The highest BCUT2D eigenvalue weighted by molar-refractivity contribution is 5.73. The Morgan fingerprint density at radius 2 is 2.05 bits per heavy atom. The van der Waals surface area contributed by atoms with E-state index < -0.39 is 17.5 Å². The van der Waals surface area contributed by atoms with Crippen LogP contribution in [-0.2, 0) is 4.79 Å². The summed E-state index contributed by atoms with van der Waals surface area (Å²) in [5.74, 6) is -0.307. The smallest absolute Gasteiger partial charge is 0.309 e. The van der Waals surface area contributed by atoms with Crippen LogP contribution in [0.15, 0.2) is 18.2 Å². The number of carboxylic acid groups (broad SMARTS) is 1. The molecule has 106 valence electrons. The van der Waals surface area contributed by atoms with Crippen molar-refractivity contribution in [2.24, 2.45) is 5.41 Å². The second kappa shape index (κ2) is 6.06. The minimum Gasteiger partial charge on any atom is -0.493 e. The number of aliphatic hydroxyl groups is 1. The molecule has 0 amide bonds. The first-order valence-corrected chi connectivity index (χ1v) is 6.42. The fraction of sp³-hybridized carbons (Fsp3) is 0.533. The van der Waals surface area contributed by atoms with Gasteiger partial charge in [-0.25, -0.2) is 0 Å². The number of hydrogen-bond acceptors (Lipinski definition) is 3. The standard InChI is InChI=1S/C15H22O4/c1-5-19-13-7-6-10(2)8-11(13)12(16)9-15(3,4)14(17)18/h6-8,12,16H,5,9H2,1-4H3,(H,17,18). The lowest BCUT2D eigenvalue weighted by molar-refractivity contribution is -0.148. The summed E-state index contributed by atoms with van der Waals surface area (Å²) in [6.45, 7) is 7.51. The first-order valence-electron chi connectivity index (χ1n) is 6.42. The lowest BCUT2D eigenvalue weighted by Gasteiger charge is -2.24. The van der Waals surface area contributed by atoms with Crippen molar-refractivity contribution in [3.63, 3.8) is 0 Å². The predicted molar refractivity (Wildman–Crippen MR) is 73.3 cm³/mol. The van der Waals surface area contributed by atoms with Gasteiger partial charge in [0.2, 0.25) is 0 Å². The Morgan fingerprint density at radius 3 is 2.58 bits per heavy atom. The van der Waals surface area contributed by atoms with Gasteiger partial charge in [0.25, 0.3) is 0 Å². The van der Waals surface area contributed by atoms with E-state index in [-0.39, 0.29) is 6.42 Å². The largest absolute Gasteiger partial charge is 0.493 e. The zero-order chi connectivity index (χ0) is 14.6. The van der Waals surface area contributed by atoms with Gasteiger partial charge in [0.1, 0.15) is 5.75 Å². The number of ether oxygens (including phenoxy) is 1. The van der Waals surface area contributed by atoms with Crippen LogP contribution >= 0.6 is 0 Å². The van der Waals surface area contributed by atoms with E-state index in [0.717, 1.165) is 5.56 Å². The van der Waals surface area contributed by atoms with Gasteiger partial charge in [0, 0.05) is 5.56 Å². The van der Waals surface area contributed by atoms with Crippen LogP contribution in [-0.4, -0.2) is 22.8 Å². The van der Waals surface area contributed by atoms with Gasteiger partial charge >= 0.3 is 5.97 Å². The maximum absolute atomic E-state index is 11.1. The third kappa shape index (κ3) is 3.96. The molecule has 0 saturated heterocycles. The van der Waals surface area contributed by atoms with Gasteiger partial charge in [-0.2, -0.15) is 0 Å². The van der Waals surface area contributed by atoms with E-state index in [1.54, 1.807) is 13.8 Å². The van der Waals surface area contributed by atoms with Crippen molar-refractivity contribution in [1.82, 2.24) is 0 Å². The molecular formula is C15H22O4. The zero-order valence-electron chi connectivity index (χ0n) is 11.9. The average molecular weight is 266 g/mol. The molecule has 0 aliphatic carbocycles. The van der Waals surface area contributed by atoms with E-state index in [2.05, 4.69) is 0 Å². The average Bonchev–Trinajstić information content (AvgIpc) is 2.30. The fourth-order valence-electron chi connectivity index (χ4n) is 1.90. The van der Waals surface area contributed by atoms with E-state index in [9.17, 15) is 9.90 Å². The Hall–Kier alpha value is -1.55. The number of carboxylic acids is 1. The first-order chi connectivity index (χ1) is 8.77.